The van der Waals surface area contributed by atoms with Crippen molar-refractivity contribution in [2.24, 2.45) is 0 Å². The molecule has 1 heterocycles. The van der Waals surface area contributed by atoms with E-state index in [1.807, 2.05) is 12.1 Å². The highest BCUT2D eigenvalue weighted by Gasteiger charge is 2.10. The third-order valence-electron chi connectivity index (χ3n) is 1.10. The Hall–Kier alpha value is -1.09. The van der Waals surface area contributed by atoms with Gasteiger partial charge in [-0.2, -0.15) is 0 Å². The Morgan fingerprint density at radius 1 is 1.45 bits per heavy atom. The molecule has 11 heavy (non-hydrogen) atoms. The maximum absolute atomic E-state index is 9.32. The molecule has 0 fully saturated rings. The fourth-order valence-electron chi connectivity index (χ4n) is 0.750. The third kappa shape index (κ3) is 3.00. The summed E-state index contributed by atoms with van der Waals surface area (Å²) >= 11 is 0. The van der Waals surface area contributed by atoms with Crippen molar-refractivity contribution in [1.82, 2.24) is 4.98 Å². The minimum atomic E-state index is -0.908. The number of hydrogen-bond donors (Lipinski definition) is 2. The number of anilines is 1. The molecule has 0 aliphatic heterocycles. The first-order valence-electron chi connectivity index (χ1n) is 3.49. The van der Waals surface area contributed by atoms with E-state index >= 15 is 0 Å². The van der Waals surface area contributed by atoms with Crippen LogP contribution in [0, 0.1) is 0 Å². The minimum absolute atomic E-state index is 0.681. The van der Waals surface area contributed by atoms with Crippen LogP contribution in [0.5, 0.6) is 0 Å². The lowest BCUT2D eigenvalue weighted by Gasteiger charge is -2.19. The van der Waals surface area contributed by atoms with Gasteiger partial charge in [-0.15, -0.1) is 0 Å². The van der Waals surface area contributed by atoms with Crippen molar-refractivity contribution in [1.29, 1.82) is 0 Å². The second-order valence-corrected chi connectivity index (χ2v) is 2.90. The largest absolute Gasteiger partial charge is 0.372 e. The summed E-state index contributed by atoms with van der Waals surface area (Å²) in [6.45, 7) is 3.34. The zero-order valence-corrected chi connectivity index (χ0v) is 6.70. The highest BCUT2D eigenvalue weighted by molar-refractivity contribution is 5.34. The number of pyridine rings is 1. The minimum Gasteiger partial charge on any atom is -0.372 e. The van der Waals surface area contributed by atoms with Gasteiger partial charge in [0.25, 0.3) is 0 Å². The number of aliphatic hydroxyl groups is 1. The van der Waals surface area contributed by atoms with Crippen LogP contribution in [-0.2, 0) is 0 Å². The van der Waals surface area contributed by atoms with Gasteiger partial charge in [0.2, 0.25) is 0 Å². The molecule has 0 unspecified atom stereocenters. The van der Waals surface area contributed by atoms with Gasteiger partial charge >= 0.3 is 0 Å². The highest BCUT2D eigenvalue weighted by atomic mass is 16.3. The smallest absolute Gasteiger partial charge is 0.130 e. The van der Waals surface area contributed by atoms with Crippen LogP contribution in [0.15, 0.2) is 24.4 Å². The van der Waals surface area contributed by atoms with E-state index in [4.69, 9.17) is 0 Å². The molecule has 0 radical (unpaired) electrons. The lowest BCUT2D eigenvalue weighted by atomic mass is 10.3. The standard InChI is InChI=1S/C8H12N2O/c1-8(2,11)10-7-5-3-4-6-9-7/h3-6,11H,1-2H3,(H,9,10). The van der Waals surface area contributed by atoms with Gasteiger partial charge in [-0.3, -0.25) is 0 Å². The van der Waals surface area contributed by atoms with E-state index in [0.29, 0.717) is 5.82 Å². The molecule has 3 nitrogen and oxygen atoms in total. The number of nitrogens with zero attached hydrogens (tertiary/aromatic N) is 1. The third-order valence-corrected chi connectivity index (χ3v) is 1.10. The van der Waals surface area contributed by atoms with Crippen LogP contribution in [0.3, 0.4) is 0 Å². The number of hydrogen-bond acceptors (Lipinski definition) is 3. The van der Waals surface area contributed by atoms with E-state index < -0.39 is 5.72 Å². The Morgan fingerprint density at radius 2 is 2.18 bits per heavy atom. The number of nitrogens with one attached hydrogen (secondary N) is 1. The monoisotopic (exact) mass is 152 g/mol. The van der Waals surface area contributed by atoms with Crippen LogP contribution in [0.2, 0.25) is 0 Å². The van der Waals surface area contributed by atoms with Gasteiger partial charge in [0.05, 0.1) is 0 Å². The molecule has 0 spiro atoms. The molecule has 0 bridgehead atoms. The fraction of sp³-hybridized carbons (Fsp3) is 0.375. The Bertz CT molecular complexity index is 215. The molecule has 0 amide bonds. The van der Waals surface area contributed by atoms with Crippen LogP contribution in [-0.4, -0.2) is 15.8 Å². The van der Waals surface area contributed by atoms with Gasteiger partial charge < -0.3 is 10.4 Å². The SMILES string of the molecule is CC(C)(O)Nc1ccccn1. The molecule has 0 aromatic carbocycles. The summed E-state index contributed by atoms with van der Waals surface area (Å²) in [6, 6.07) is 5.49. The van der Waals surface area contributed by atoms with Crippen LogP contribution < -0.4 is 5.32 Å². The summed E-state index contributed by atoms with van der Waals surface area (Å²) in [4.78, 5) is 3.99. The lowest BCUT2D eigenvalue weighted by molar-refractivity contribution is 0.111. The maximum Gasteiger partial charge on any atom is 0.130 e. The van der Waals surface area contributed by atoms with Crippen LogP contribution in [0.1, 0.15) is 13.8 Å². The molecule has 0 saturated carbocycles. The maximum atomic E-state index is 9.32. The second-order valence-electron chi connectivity index (χ2n) is 2.90. The summed E-state index contributed by atoms with van der Waals surface area (Å²) in [5.74, 6) is 0.681. The van der Waals surface area contributed by atoms with Gasteiger partial charge in [0.15, 0.2) is 0 Å². The average molecular weight is 152 g/mol. The molecule has 0 atom stereocenters. The first-order valence-corrected chi connectivity index (χ1v) is 3.49. The summed E-state index contributed by atoms with van der Waals surface area (Å²) in [7, 11) is 0. The van der Waals surface area contributed by atoms with Crippen LogP contribution in [0.25, 0.3) is 0 Å². The molecule has 3 heteroatoms. The van der Waals surface area contributed by atoms with Gasteiger partial charge in [0.1, 0.15) is 11.5 Å². The van der Waals surface area contributed by atoms with E-state index in [0.717, 1.165) is 0 Å². The summed E-state index contributed by atoms with van der Waals surface area (Å²) in [5, 5.41) is 12.1. The lowest BCUT2D eigenvalue weighted by Crippen LogP contribution is -2.30. The Morgan fingerprint density at radius 3 is 2.64 bits per heavy atom. The van der Waals surface area contributed by atoms with Crippen LogP contribution >= 0.6 is 0 Å². The van der Waals surface area contributed by atoms with Crippen molar-refractivity contribution in [2.45, 2.75) is 19.6 Å². The molecular weight excluding hydrogens is 140 g/mol. The molecule has 1 rings (SSSR count). The topological polar surface area (TPSA) is 45.1 Å². The fourth-order valence-corrected chi connectivity index (χ4v) is 0.750. The first kappa shape index (κ1) is 8.01. The molecule has 0 aliphatic carbocycles. The van der Waals surface area contributed by atoms with Gasteiger partial charge in [0, 0.05) is 6.20 Å². The van der Waals surface area contributed by atoms with Gasteiger partial charge in [-0.05, 0) is 26.0 Å². The molecule has 0 saturated heterocycles. The van der Waals surface area contributed by atoms with E-state index in [-0.39, 0.29) is 0 Å². The molecule has 1 aromatic rings. The molecule has 1 aromatic heterocycles. The normalized spacial score (nSPS) is 11.2. The number of aromatic nitrogens is 1. The predicted molar refractivity (Wildman–Crippen MR) is 44.2 cm³/mol. The van der Waals surface area contributed by atoms with Crippen molar-refractivity contribution in [3.05, 3.63) is 24.4 Å². The van der Waals surface area contributed by atoms with Gasteiger partial charge in [-0.1, -0.05) is 6.07 Å². The van der Waals surface area contributed by atoms with E-state index in [1.54, 1.807) is 26.1 Å². The zero-order chi connectivity index (χ0) is 8.32. The zero-order valence-electron chi connectivity index (χ0n) is 6.70. The van der Waals surface area contributed by atoms with E-state index in [2.05, 4.69) is 10.3 Å². The Balaban J connectivity index is 2.66. The second kappa shape index (κ2) is 2.88. The number of rotatable bonds is 2. The van der Waals surface area contributed by atoms with Crippen LogP contribution in [0.4, 0.5) is 5.82 Å². The van der Waals surface area contributed by atoms with Crippen molar-refractivity contribution in [2.75, 3.05) is 5.32 Å². The average Bonchev–Trinajstić information content (AvgIpc) is 1.85. The first-order chi connectivity index (χ1) is 5.08. The Labute approximate surface area is 66.1 Å². The van der Waals surface area contributed by atoms with Crippen molar-refractivity contribution in [3.63, 3.8) is 0 Å². The summed E-state index contributed by atoms with van der Waals surface area (Å²) in [6.07, 6.45) is 1.67. The quantitative estimate of drug-likeness (QED) is 0.626. The molecule has 0 aliphatic rings. The summed E-state index contributed by atoms with van der Waals surface area (Å²) in [5.41, 5.74) is -0.908. The van der Waals surface area contributed by atoms with Crippen molar-refractivity contribution < 1.29 is 5.11 Å². The molecular formula is C8H12N2O. The predicted octanol–water partition coefficient (Wildman–Crippen LogP) is 1.22. The van der Waals surface area contributed by atoms with Gasteiger partial charge in [-0.25, -0.2) is 4.98 Å². The van der Waals surface area contributed by atoms with Crippen molar-refractivity contribution in [3.8, 4) is 0 Å². The molecule has 2 N–H and O–H groups in total. The molecule has 60 valence electrons. The van der Waals surface area contributed by atoms with E-state index in [1.165, 1.54) is 0 Å². The highest BCUT2D eigenvalue weighted by Crippen LogP contribution is 2.07. The van der Waals surface area contributed by atoms with Crippen molar-refractivity contribution >= 4 is 5.82 Å². The summed E-state index contributed by atoms with van der Waals surface area (Å²) < 4.78 is 0. The van der Waals surface area contributed by atoms with E-state index in [9.17, 15) is 5.11 Å². The Kier molecular flexibility index (Phi) is 2.10.